The zero-order chi connectivity index (χ0) is 17.5. The van der Waals surface area contributed by atoms with Gasteiger partial charge >= 0.3 is 0 Å². The molecule has 25 heavy (non-hydrogen) atoms. The molecule has 0 aliphatic carbocycles. The van der Waals surface area contributed by atoms with E-state index >= 15 is 0 Å². The number of nitrogens with zero attached hydrogens (tertiary/aromatic N) is 3. The molecule has 1 aromatic carbocycles. The van der Waals surface area contributed by atoms with Crippen LogP contribution in [0.15, 0.2) is 35.6 Å². The Morgan fingerprint density at radius 1 is 1.28 bits per heavy atom. The van der Waals surface area contributed by atoms with Crippen molar-refractivity contribution in [2.24, 2.45) is 10.9 Å². The predicted molar refractivity (Wildman–Crippen MR) is 111 cm³/mol. The molecule has 138 valence electrons. The van der Waals surface area contributed by atoms with Gasteiger partial charge < -0.3 is 15.2 Å². The molecule has 0 amide bonds. The van der Waals surface area contributed by atoms with Crippen LogP contribution >= 0.6 is 24.0 Å². The van der Waals surface area contributed by atoms with Crippen molar-refractivity contribution in [1.29, 1.82) is 0 Å². The van der Waals surface area contributed by atoms with E-state index in [2.05, 4.69) is 39.0 Å². The molecule has 2 N–H and O–H groups in total. The van der Waals surface area contributed by atoms with Crippen LogP contribution in [-0.2, 0) is 19.6 Å². The van der Waals surface area contributed by atoms with Crippen LogP contribution in [0.4, 0.5) is 4.39 Å². The summed E-state index contributed by atoms with van der Waals surface area (Å²) in [4.78, 5) is 8.58. The summed E-state index contributed by atoms with van der Waals surface area (Å²) in [5, 5.41) is 6.43. The maximum atomic E-state index is 13.6. The Morgan fingerprint density at radius 3 is 2.64 bits per heavy atom. The van der Waals surface area contributed by atoms with Crippen molar-refractivity contribution in [3.05, 3.63) is 53.4 Å². The molecule has 0 saturated heterocycles. The lowest BCUT2D eigenvalue weighted by molar-refractivity contribution is 0.503. The Morgan fingerprint density at radius 2 is 2.00 bits per heavy atom. The number of hydrogen-bond donors (Lipinski definition) is 2. The fraction of sp³-hybridized carbons (Fsp3) is 0.444. The largest absolute Gasteiger partial charge is 0.352 e. The van der Waals surface area contributed by atoms with Gasteiger partial charge in [-0.1, -0.05) is 26.0 Å². The first-order valence-corrected chi connectivity index (χ1v) is 8.19. The smallest absolute Gasteiger partial charge is 0.191 e. The minimum Gasteiger partial charge on any atom is -0.352 e. The molecule has 0 spiro atoms. The fourth-order valence-corrected chi connectivity index (χ4v) is 2.38. The average Bonchev–Trinajstić information content (AvgIpc) is 2.97. The number of aliphatic imine (C=N–C) groups is 1. The van der Waals surface area contributed by atoms with Crippen molar-refractivity contribution in [2.45, 2.75) is 40.4 Å². The molecule has 0 unspecified atom stereocenters. The fourth-order valence-electron chi connectivity index (χ4n) is 2.38. The van der Waals surface area contributed by atoms with E-state index in [9.17, 15) is 4.39 Å². The van der Waals surface area contributed by atoms with Crippen molar-refractivity contribution in [1.82, 2.24) is 20.2 Å². The molecule has 7 heteroatoms. The van der Waals surface area contributed by atoms with Crippen molar-refractivity contribution < 1.29 is 4.39 Å². The summed E-state index contributed by atoms with van der Waals surface area (Å²) < 4.78 is 15.7. The van der Waals surface area contributed by atoms with Crippen LogP contribution < -0.4 is 10.6 Å². The highest BCUT2D eigenvalue weighted by Crippen LogP contribution is 2.09. The maximum Gasteiger partial charge on any atom is 0.191 e. The molecule has 2 aromatic rings. The van der Waals surface area contributed by atoms with Crippen LogP contribution in [0.2, 0.25) is 0 Å². The average molecular weight is 459 g/mol. The zero-order valence-corrected chi connectivity index (χ0v) is 17.5. The van der Waals surface area contributed by atoms with Gasteiger partial charge in [0.2, 0.25) is 0 Å². The van der Waals surface area contributed by atoms with Gasteiger partial charge in [0.25, 0.3) is 0 Å². The Balaban J connectivity index is 0.00000312. The van der Waals surface area contributed by atoms with Gasteiger partial charge in [-0.2, -0.15) is 0 Å². The van der Waals surface area contributed by atoms with E-state index in [1.807, 2.05) is 18.5 Å². The van der Waals surface area contributed by atoms with E-state index in [1.54, 1.807) is 26.1 Å². The number of imidazole rings is 1. The lowest BCUT2D eigenvalue weighted by Gasteiger charge is -2.14. The highest BCUT2D eigenvalue weighted by Gasteiger charge is 2.06. The third-order valence-corrected chi connectivity index (χ3v) is 3.70. The first kappa shape index (κ1) is 21.4. The molecule has 1 heterocycles. The summed E-state index contributed by atoms with van der Waals surface area (Å²) in [6, 6.07) is 5.24. The van der Waals surface area contributed by atoms with Crippen LogP contribution in [0.3, 0.4) is 0 Å². The number of aromatic nitrogens is 2. The number of guanidine groups is 1. The van der Waals surface area contributed by atoms with Gasteiger partial charge in [0, 0.05) is 32.5 Å². The zero-order valence-electron chi connectivity index (χ0n) is 15.2. The molecule has 1 aromatic heterocycles. The molecular weight excluding hydrogens is 432 g/mol. The lowest BCUT2D eigenvalue weighted by Crippen LogP contribution is -2.37. The number of nitrogens with one attached hydrogen (secondary N) is 2. The summed E-state index contributed by atoms with van der Waals surface area (Å²) in [5.41, 5.74) is 1.53. The Labute approximate surface area is 166 Å². The maximum absolute atomic E-state index is 13.6. The van der Waals surface area contributed by atoms with Crippen LogP contribution in [0, 0.1) is 18.7 Å². The summed E-state index contributed by atoms with van der Waals surface area (Å²) in [6.45, 7) is 8.15. The number of rotatable bonds is 6. The predicted octanol–water partition coefficient (Wildman–Crippen LogP) is 3.47. The highest BCUT2D eigenvalue weighted by atomic mass is 127. The van der Waals surface area contributed by atoms with Crippen LogP contribution in [0.1, 0.15) is 30.8 Å². The number of benzene rings is 1. The molecular formula is C18H27FIN5. The van der Waals surface area contributed by atoms with Gasteiger partial charge in [0.05, 0.1) is 6.54 Å². The van der Waals surface area contributed by atoms with Crippen molar-refractivity contribution in [3.8, 4) is 0 Å². The van der Waals surface area contributed by atoms with E-state index in [4.69, 9.17) is 0 Å². The van der Waals surface area contributed by atoms with Crippen molar-refractivity contribution in [2.75, 3.05) is 7.05 Å². The van der Waals surface area contributed by atoms with E-state index in [-0.39, 0.29) is 29.8 Å². The summed E-state index contributed by atoms with van der Waals surface area (Å²) in [5.74, 6) is 2.00. The summed E-state index contributed by atoms with van der Waals surface area (Å²) in [7, 11) is 1.71. The molecule has 0 atom stereocenters. The van der Waals surface area contributed by atoms with E-state index in [1.165, 1.54) is 0 Å². The monoisotopic (exact) mass is 459 g/mol. The van der Waals surface area contributed by atoms with Gasteiger partial charge in [-0.15, -0.1) is 24.0 Å². The molecule has 0 fully saturated rings. The van der Waals surface area contributed by atoms with Crippen LogP contribution in [-0.4, -0.2) is 22.6 Å². The normalized spacial score (nSPS) is 11.4. The molecule has 0 radical (unpaired) electrons. The molecule has 0 bridgehead atoms. The first-order valence-electron chi connectivity index (χ1n) is 8.19. The molecule has 0 saturated carbocycles. The topological polar surface area (TPSA) is 54.2 Å². The van der Waals surface area contributed by atoms with Crippen molar-refractivity contribution >= 4 is 29.9 Å². The van der Waals surface area contributed by atoms with Gasteiger partial charge in [0.15, 0.2) is 5.96 Å². The number of hydrogen-bond acceptors (Lipinski definition) is 2. The lowest BCUT2D eigenvalue weighted by atomic mass is 10.1. The third kappa shape index (κ3) is 6.64. The second-order valence-electron chi connectivity index (χ2n) is 6.25. The molecule has 0 aliphatic heterocycles. The minimum atomic E-state index is -0.187. The summed E-state index contributed by atoms with van der Waals surface area (Å²) in [6.07, 6.45) is 3.80. The Bertz CT molecular complexity index is 697. The molecule has 0 aliphatic rings. The van der Waals surface area contributed by atoms with Crippen molar-refractivity contribution in [3.63, 3.8) is 0 Å². The first-order chi connectivity index (χ1) is 11.5. The highest BCUT2D eigenvalue weighted by molar-refractivity contribution is 14.0. The van der Waals surface area contributed by atoms with Crippen LogP contribution in [0.5, 0.6) is 0 Å². The van der Waals surface area contributed by atoms with E-state index in [0.717, 1.165) is 17.9 Å². The second-order valence-corrected chi connectivity index (χ2v) is 6.25. The molecule has 5 nitrogen and oxygen atoms in total. The summed E-state index contributed by atoms with van der Waals surface area (Å²) >= 11 is 0. The Kier molecular flexibility index (Phi) is 8.88. The van der Waals surface area contributed by atoms with Gasteiger partial charge in [-0.05, 0) is 30.0 Å². The van der Waals surface area contributed by atoms with Gasteiger partial charge in [0.1, 0.15) is 11.6 Å². The second kappa shape index (κ2) is 10.4. The quantitative estimate of drug-likeness (QED) is 0.395. The number of aryl methyl sites for hydroxylation is 1. The van der Waals surface area contributed by atoms with E-state index in [0.29, 0.717) is 30.5 Å². The van der Waals surface area contributed by atoms with E-state index < -0.39 is 0 Å². The third-order valence-electron chi connectivity index (χ3n) is 3.70. The molecule has 2 rings (SSSR count). The SMILES string of the molecule is CN=C(NCc1ccc(C)c(F)c1)NCc1nccn1CC(C)C.I. The van der Waals surface area contributed by atoms with Gasteiger partial charge in [-0.3, -0.25) is 4.99 Å². The number of halogens is 2. The minimum absolute atomic E-state index is 0. The van der Waals surface area contributed by atoms with Crippen LogP contribution in [0.25, 0.3) is 0 Å². The Hall–Kier alpha value is -1.64. The van der Waals surface area contributed by atoms with Gasteiger partial charge in [-0.25, -0.2) is 9.37 Å². The standard InChI is InChI=1S/C18H26FN5.HI/c1-13(2)12-24-8-7-21-17(24)11-23-18(20-4)22-10-15-6-5-14(3)16(19)9-15;/h5-9,13H,10-12H2,1-4H3,(H2,20,22,23);1H.